The van der Waals surface area contributed by atoms with Crippen LogP contribution in [0.15, 0.2) is 0 Å². The number of carbonyl (C=O) groups excluding carboxylic acids is 2. The maximum Gasteiger partial charge on any atom is 0.323 e. The number of nitrogens with one attached hydrogen (secondary N) is 3. The van der Waals surface area contributed by atoms with Gasteiger partial charge in [-0.05, 0) is 26.2 Å². The molecule has 1 rings (SSSR count). The van der Waals surface area contributed by atoms with Crippen molar-refractivity contribution in [1.82, 2.24) is 16.0 Å². The van der Waals surface area contributed by atoms with Crippen molar-refractivity contribution in [3.8, 4) is 0 Å². The van der Waals surface area contributed by atoms with Gasteiger partial charge in [-0.15, -0.1) is 0 Å². The van der Waals surface area contributed by atoms with E-state index in [1.165, 1.54) is 14.0 Å². The van der Waals surface area contributed by atoms with Gasteiger partial charge in [0.1, 0.15) is 5.54 Å². The van der Waals surface area contributed by atoms with Crippen molar-refractivity contribution in [3.05, 3.63) is 0 Å². The number of carboxylic acids is 1. The Balaban J connectivity index is 2.53. The molecule has 7 heteroatoms. The third kappa shape index (κ3) is 2.94. The zero-order valence-corrected chi connectivity index (χ0v) is 9.87. The number of carboxylic acid groups (broad SMARTS) is 1. The number of rotatable bonds is 4. The number of imide groups is 1. The van der Waals surface area contributed by atoms with E-state index in [-0.39, 0.29) is 0 Å². The molecule has 0 radical (unpaired) electrons. The molecule has 0 aromatic carbocycles. The van der Waals surface area contributed by atoms with Crippen LogP contribution in [-0.2, 0) is 9.59 Å². The van der Waals surface area contributed by atoms with Gasteiger partial charge in [-0.3, -0.25) is 20.2 Å². The summed E-state index contributed by atoms with van der Waals surface area (Å²) in [5, 5.41) is 16.2. The summed E-state index contributed by atoms with van der Waals surface area (Å²) in [5.74, 6) is -1.50. The van der Waals surface area contributed by atoms with Gasteiger partial charge in [0.2, 0.25) is 5.91 Å². The summed E-state index contributed by atoms with van der Waals surface area (Å²) in [4.78, 5) is 33.5. The van der Waals surface area contributed by atoms with Crippen molar-refractivity contribution in [2.24, 2.45) is 0 Å². The van der Waals surface area contributed by atoms with Gasteiger partial charge < -0.3 is 10.4 Å². The van der Waals surface area contributed by atoms with E-state index in [1.807, 2.05) is 0 Å². The van der Waals surface area contributed by atoms with Gasteiger partial charge in [0.05, 0.1) is 6.04 Å². The maximum absolute atomic E-state index is 11.5. The van der Waals surface area contributed by atoms with E-state index in [0.29, 0.717) is 12.8 Å². The third-order valence-corrected chi connectivity index (χ3v) is 2.97. The van der Waals surface area contributed by atoms with Gasteiger partial charge in [-0.2, -0.15) is 0 Å². The number of urea groups is 1. The molecule has 0 bridgehead atoms. The van der Waals surface area contributed by atoms with E-state index >= 15 is 0 Å². The zero-order valence-electron chi connectivity index (χ0n) is 9.87. The molecular formula is C10H17N3O4. The maximum atomic E-state index is 11.5. The largest absolute Gasteiger partial charge is 0.480 e. The second-order valence-corrected chi connectivity index (χ2v) is 4.18. The van der Waals surface area contributed by atoms with Crippen LogP contribution in [0.1, 0.15) is 26.2 Å². The summed E-state index contributed by atoms with van der Waals surface area (Å²) in [6.07, 6.45) is 1.82. The number of hydrogen-bond acceptors (Lipinski definition) is 4. The molecule has 0 saturated heterocycles. The Bertz CT molecular complexity index is 338. The molecule has 0 aliphatic heterocycles. The average molecular weight is 243 g/mol. The molecule has 0 aromatic rings. The smallest absolute Gasteiger partial charge is 0.323 e. The van der Waals surface area contributed by atoms with Crippen molar-refractivity contribution in [2.45, 2.75) is 37.8 Å². The van der Waals surface area contributed by atoms with Gasteiger partial charge >= 0.3 is 12.0 Å². The molecular weight excluding hydrogens is 226 g/mol. The van der Waals surface area contributed by atoms with Crippen LogP contribution in [-0.4, -0.2) is 41.6 Å². The summed E-state index contributed by atoms with van der Waals surface area (Å²) in [6, 6.07) is -1.34. The van der Waals surface area contributed by atoms with Crippen molar-refractivity contribution in [3.63, 3.8) is 0 Å². The molecule has 1 atom stereocenters. The lowest BCUT2D eigenvalue weighted by atomic mass is 9.76. The summed E-state index contributed by atoms with van der Waals surface area (Å²) >= 11 is 0. The van der Waals surface area contributed by atoms with Crippen LogP contribution >= 0.6 is 0 Å². The molecule has 1 unspecified atom stereocenters. The first-order chi connectivity index (χ1) is 7.91. The lowest BCUT2D eigenvalue weighted by Gasteiger charge is -2.40. The van der Waals surface area contributed by atoms with Crippen LogP contribution in [0.5, 0.6) is 0 Å². The van der Waals surface area contributed by atoms with Gasteiger partial charge in [0.25, 0.3) is 0 Å². The lowest BCUT2D eigenvalue weighted by molar-refractivity contribution is -0.149. The van der Waals surface area contributed by atoms with Crippen LogP contribution < -0.4 is 16.0 Å². The third-order valence-electron chi connectivity index (χ3n) is 2.97. The second-order valence-electron chi connectivity index (χ2n) is 4.18. The first-order valence-corrected chi connectivity index (χ1v) is 5.45. The van der Waals surface area contributed by atoms with Crippen molar-refractivity contribution in [1.29, 1.82) is 0 Å². The van der Waals surface area contributed by atoms with Gasteiger partial charge in [-0.25, -0.2) is 4.79 Å². The normalized spacial score (nSPS) is 18.7. The highest BCUT2D eigenvalue weighted by Crippen LogP contribution is 2.32. The highest BCUT2D eigenvalue weighted by atomic mass is 16.4. The van der Waals surface area contributed by atoms with Crippen LogP contribution in [0.3, 0.4) is 0 Å². The Hall–Kier alpha value is -1.63. The van der Waals surface area contributed by atoms with Gasteiger partial charge in [0.15, 0.2) is 0 Å². The first-order valence-electron chi connectivity index (χ1n) is 5.45. The predicted octanol–water partition coefficient (Wildman–Crippen LogP) is -0.573. The number of aliphatic carboxylic acids is 1. The van der Waals surface area contributed by atoms with Crippen LogP contribution in [0.25, 0.3) is 0 Å². The Morgan fingerprint density at radius 3 is 2.24 bits per heavy atom. The Morgan fingerprint density at radius 1 is 1.29 bits per heavy atom. The van der Waals surface area contributed by atoms with Gasteiger partial charge in [0, 0.05) is 7.05 Å². The minimum Gasteiger partial charge on any atom is -0.480 e. The summed E-state index contributed by atoms with van der Waals surface area (Å²) in [6.45, 7) is 1.53. The van der Waals surface area contributed by atoms with E-state index in [2.05, 4.69) is 16.0 Å². The highest BCUT2D eigenvalue weighted by molar-refractivity contribution is 5.97. The van der Waals surface area contributed by atoms with Crippen LogP contribution in [0.4, 0.5) is 4.79 Å². The fourth-order valence-corrected chi connectivity index (χ4v) is 1.71. The molecule has 1 aliphatic carbocycles. The molecule has 1 saturated carbocycles. The monoisotopic (exact) mass is 243 g/mol. The van der Waals surface area contributed by atoms with Crippen molar-refractivity contribution in [2.75, 3.05) is 7.05 Å². The van der Waals surface area contributed by atoms with Gasteiger partial charge in [-0.1, -0.05) is 0 Å². The minimum atomic E-state index is -1.01. The zero-order chi connectivity index (χ0) is 13.1. The van der Waals surface area contributed by atoms with E-state index in [1.54, 1.807) is 0 Å². The number of carbonyl (C=O) groups is 3. The van der Waals surface area contributed by atoms with Crippen LogP contribution in [0.2, 0.25) is 0 Å². The Morgan fingerprint density at radius 2 is 1.88 bits per heavy atom. The SMILES string of the molecule is CNC(=O)NC(=O)C(C)NC1(C(=O)O)CCC1. The van der Waals surface area contributed by atoms with Crippen molar-refractivity contribution >= 4 is 17.9 Å². The Labute approximate surface area is 98.9 Å². The molecule has 17 heavy (non-hydrogen) atoms. The number of amides is 3. The molecule has 0 heterocycles. The number of hydrogen-bond donors (Lipinski definition) is 4. The van der Waals surface area contributed by atoms with E-state index in [0.717, 1.165) is 6.42 Å². The highest BCUT2D eigenvalue weighted by Gasteiger charge is 2.45. The standard InChI is InChI=1S/C10H17N3O4/c1-6(7(14)12-9(17)11-2)13-10(8(15)16)4-3-5-10/h6,13H,3-5H2,1-2H3,(H,15,16)(H2,11,12,14,17). The quantitative estimate of drug-likeness (QED) is 0.529. The topological polar surface area (TPSA) is 108 Å². The molecule has 7 nitrogen and oxygen atoms in total. The molecule has 0 aromatic heterocycles. The van der Waals surface area contributed by atoms with E-state index < -0.39 is 29.5 Å². The molecule has 4 N–H and O–H groups in total. The Kier molecular flexibility index (Phi) is 4.06. The lowest BCUT2D eigenvalue weighted by Crippen LogP contribution is -2.62. The van der Waals surface area contributed by atoms with Crippen LogP contribution in [0, 0.1) is 0 Å². The van der Waals surface area contributed by atoms with E-state index in [4.69, 9.17) is 5.11 Å². The molecule has 96 valence electrons. The summed E-state index contributed by atoms with van der Waals surface area (Å²) in [5.41, 5.74) is -1.01. The van der Waals surface area contributed by atoms with Crippen molar-refractivity contribution < 1.29 is 19.5 Å². The molecule has 3 amide bonds. The average Bonchev–Trinajstić information content (AvgIpc) is 2.22. The molecule has 0 spiro atoms. The fourth-order valence-electron chi connectivity index (χ4n) is 1.71. The first kappa shape index (κ1) is 13.4. The summed E-state index contributed by atoms with van der Waals surface area (Å²) < 4.78 is 0. The second kappa shape index (κ2) is 5.13. The summed E-state index contributed by atoms with van der Waals surface area (Å²) in [7, 11) is 1.39. The van der Waals surface area contributed by atoms with E-state index in [9.17, 15) is 14.4 Å². The predicted molar refractivity (Wildman–Crippen MR) is 59.4 cm³/mol. The molecule has 1 fully saturated rings. The molecule has 1 aliphatic rings. The minimum absolute atomic E-state index is 0.500. The fraction of sp³-hybridized carbons (Fsp3) is 0.700.